The van der Waals surface area contributed by atoms with Crippen molar-refractivity contribution in [2.45, 2.75) is 46.3 Å². The molecule has 102 valence electrons. The molecule has 5 heteroatoms. The van der Waals surface area contributed by atoms with Crippen molar-refractivity contribution in [1.29, 1.82) is 0 Å². The molecule has 0 aliphatic heterocycles. The maximum absolute atomic E-state index is 4.35. The molecule has 0 saturated heterocycles. The first-order valence-electron chi connectivity index (χ1n) is 6.50. The van der Waals surface area contributed by atoms with Crippen LogP contribution in [0, 0.1) is 6.92 Å². The van der Waals surface area contributed by atoms with Crippen LogP contribution >= 0.6 is 0 Å². The molecule has 0 radical (unpaired) electrons. The highest BCUT2D eigenvalue weighted by atomic mass is 15.4. The second kappa shape index (κ2) is 5.48. The van der Waals surface area contributed by atoms with Crippen molar-refractivity contribution in [3.8, 4) is 0 Å². The molecule has 0 fully saturated rings. The van der Waals surface area contributed by atoms with Gasteiger partial charge in [0.15, 0.2) is 0 Å². The fraction of sp³-hybridized carbons (Fsp3) is 0.500. The van der Waals surface area contributed by atoms with Crippen molar-refractivity contribution in [3.05, 3.63) is 41.5 Å². The third-order valence-corrected chi connectivity index (χ3v) is 2.94. The molecular weight excluding hydrogens is 238 g/mol. The molecule has 2 heterocycles. The number of aryl methyl sites for hydroxylation is 1. The first-order valence-corrected chi connectivity index (χ1v) is 6.50. The molecule has 0 atom stereocenters. The van der Waals surface area contributed by atoms with E-state index in [1.807, 2.05) is 23.1 Å². The van der Waals surface area contributed by atoms with Crippen LogP contribution in [0.2, 0.25) is 0 Å². The highest BCUT2D eigenvalue weighted by molar-refractivity contribution is 5.17. The smallest absolute Gasteiger partial charge is 0.0965 e. The minimum atomic E-state index is -0.0250. The Morgan fingerprint density at radius 1 is 1.26 bits per heavy atom. The van der Waals surface area contributed by atoms with Gasteiger partial charge in [-0.05, 0) is 39.3 Å². The van der Waals surface area contributed by atoms with E-state index in [0.717, 1.165) is 17.9 Å². The van der Waals surface area contributed by atoms with Gasteiger partial charge in [0.1, 0.15) is 0 Å². The summed E-state index contributed by atoms with van der Waals surface area (Å²) in [6, 6.07) is 4.02. The minimum Gasteiger partial charge on any atom is -0.305 e. The Balaban J connectivity index is 1.90. The zero-order valence-corrected chi connectivity index (χ0v) is 12.0. The van der Waals surface area contributed by atoms with Crippen LogP contribution in [-0.2, 0) is 18.6 Å². The van der Waals surface area contributed by atoms with Gasteiger partial charge in [0.2, 0.25) is 0 Å². The molecule has 2 rings (SSSR count). The van der Waals surface area contributed by atoms with Crippen molar-refractivity contribution in [1.82, 2.24) is 25.3 Å². The lowest BCUT2D eigenvalue weighted by Crippen LogP contribution is -2.22. The van der Waals surface area contributed by atoms with Crippen LogP contribution in [0.15, 0.2) is 24.5 Å². The largest absolute Gasteiger partial charge is 0.305 e. The number of nitrogens with one attached hydrogen (secondary N) is 1. The van der Waals surface area contributed by atoms with Gasteiger partial charge < -0.3 is 5.32 Å². The minimum absolute atomic E-state index is 0.0250. The maximum Gasteiger partial charge on any atom is 0.0965 e. The molecule has 0 aliphatic rings. The van der Waals surface area contributed by atoms with Crippen molar-refractivity contribution in [2.24, 2.45) is 0 Å². The molecule has 2 aromatic heterocycles. The van der Waals surface area contributed by atoms with Crippen LogP contribution in [0.5, 0.6) is 0 Å². The summed E-state index contributed by atoms with van der Waals surface area (Å²) in [6.07, 6.45) is 3.80. The monoisotopic (exact) mass is 259 g/mol. The number of hydrogen-bond donors (Lipinski definition) is 1. The third kappa shape index (κ3) is 3.61. The molecule has 2 aromatic rings. The van der Waals surface area contributed by atoms with E-state index in [0.29, 0.717) is 6.54 Å². The lowest BCUT2D eigenvalue weighted by atomic mass is 10.1. The fourth-order valence-corrected chi connectivity index (χ4v) is 1.72. The molecule has 0 bridgehead atoms. The summed E-state index contributed by atoms with van der Waals surface area (Å²) in [6.45, 7) is 9.84. The van der Waals surface area contributed by atoms with E-state index in [1.54, 1.807) is 0 Å². The second-order valence-electron chi connectivity index (χ2n) is 5.70. The summed E-state index contributed by atoms with van der Waals surface area (Å²) in [5, 5.41) is 11.7. The predicted molar refractivity (Wildman–Crippen MR) is 74.5 cm³/mol. The van der Waals surface area contributed by atoms with Gasteiger partial charge >= 0.3 is 0 Å². The van der Waals surface area contributed by atoms with Crippen LogP contribution in [0.25, 0.3) is 0 Å². The Bertz CT molecular complexity index is 539. The molecule has 0 spiro atoms. The Kier molecular flexibility index (Phi) is 3.95. The summed E-state index contributed by atoms with van der Waals surface area (Å²) in [7, 11) is 0. The maximum atomic E-state index is 4.35. The van der Waals surface area contributed by atoms with Crippen LogP contribution < -0.4 is 5.32 Å². The summed E-state index contributed by atoms with van der Waals surface area (Å²) in [5.41, 5.74) is 3.20. The molecule has 0 aromatic carbocycles. The summed E-state index contributed by atoms with van der Waals surface area (Å²) in [5.74, 6) is 0. The summed E-state index contributed by atoms with van der Waals surface area (Å²) < 4.78 is 1.88. The number of rotatable bonds is 4. The number of aromatic nitrogens is 4. The quantitative estimate of drug-likeness (QED) is 0.912. The SMILES string of the molecule is Cc1cccnc1CNCc1cn(C(C)(C)C)nn1. The lowest BCUT2D eigenvalue weighted by Gasteiger charge is -2.17. The molecule has 0 saturated carbocycles. The van der Waals surface area contributed by atoms with Gasteiger partial charge in [-0.2, -0.15) is 0 Å². The van der Waals surface area contributed by atoms with E-state index in [1.165, 1.54) is 5.56 Å². The van der Waals surface area contributed by atoms with Gasteiger partial charge in [-0.15, -0.1) is 5.10 Å². The average Bonchev–Trinajstić information content (AvgIpc) is 2.80. The van der Waals surface area contributed by atoms with Gasteiger partial charge in [0, 0.05) is 19.3 Å². The topological polar surface area (TPSA) is 55.6 Å². The lowest BCUT2D eigenvalue weighted by molar-refractivity contribution is 0.347. The highest BCUT2D eigenvalue weighted by Gasteiger charge is 2.14. The number of hydrogen-bond acceptors (Lipinski definition) is 4. The Labute approximate surface area is 114 Å². The highest BCUT2D eigenvalue weighted by Crippen LogP contribution is 2.11. The van der Waals surface area contributed by atoms with Crippen molar-refractivity contribution in [2.75, 3.05) is 0 Å². The standard InChI is InChI=1S/C14H21N5/c1-11-6-5-7-16-13(11)9-15-8-12-10-19(18-17-12)14(2,3)4/h5-7,10,15H,8-9H2,1-4H3. The van der Waals surface area contributed by atoms with Crippen LogP contribution in [-0.4, -0.2) is 20.0 Å². The van der Waals surface area contributed by atoms with Crippen LogP contribution in [0.3, 0.4) is 0 Å². The molecule has 1 N–H and O–H groups in total. The molecule has 0 aliphatic carbocycles. The zero-order chi connectivity index (χ0) is 13.9. The van der Waals surface area contributed by atoms with E-state index in [-0.39, 0.29) is 5.54 Å². The van der Waals surface area contributed by atoms with Gasteiger partial charge in [-0.3, -0.25) is 4.98 Å². The first kappa shape index (κ1) is 13.7. The van der Waals surface area contributed by atoms with Crippen molar-refractivity contribution in [3.63, 3.8) is 0 Å². The van der Waals surface area contributed by atoms with Crippen LogP contribution in [0.4, 0.5) is 0 Å². The molecule has 19 heavy (non-hydrogen) atoms. The third-order valence-electron chi connectivity index (χ3n) is 2.94. The molecular formula is C14H21N5. The van der Waals surface area contributed by atoms with Gasteiger partial charge in [0.05, 0.1) is 23.1 Å². The van der Waals surface area contributed by atoms with E-state index in [4.69, 9.17) is 0 Å². The normalized spacial score (nSPS) is 11.8. The second-order valence-corrected chi connectivity index (χ2v) is 5.70. The fourth-order valence-electron chi connectivity index (χ4n) is 1.72. The van der Waals surface area contributed by atoms with Gasteiger partial charge in [-0.1, -0.05) is 11.3 Å². The Morgan fingerprint density at radius 2 is 2.05 bits per heavy atom. The van der Waals surface area contributed by atoms with Gasteiger partial charge in [-0.25, -0.2) is 4.68 Å². The summed E-state index contributed by atoms with van der Waals surface area (Å²) in [4.78, 5) is 4.35. The average molecular weight is 259 g/mol. The van der Waals surface area contributed by atoms with Crippen molar-refractivity contribution >= 4 is 0 Å². The first-order chi connectivity index (χ1) is 8.97. The predicted octanol–water partition coefficient (Wildman–Crippen LogP) is 2.03. The Morgan fingerprint density at radius 3 is 2.68 bits per heavy atom. The van der Waals surface area contributed by atoms with Gasteiger partial charge in [0.25, 0.3) is 0 Å². The molecule has 0 amide bonds. The number of pyridine rings is 1. The van der Waals surface area contributed by atoms with E-state index in [2.05, 4.69) is 54.4 Å². The van der Waals surface area contributed by atoms with E-state index < -0.39 is 0 Å². The number of nitrogens with zero attached hydrogens (tertiary/aromatic N) is 4. The Hall–Kier alpha value is -1.75. The van der Waals surface area contributed by atoms with Crippen LogP contribution in [0.1, 0.15) is 37.7 Å². The molecule has 5 nitrogen and oxygen atoms in total. The summed E-state index contributed by atoms with van der Waals surface area (Å²) >= 11 is 0. The van der Waals surface area contributed by atoms with E-state index >= 15 is 0 Å². The zero-order valence-electron chi connectivity index (χ0n) is 12.0. The van der Waals surface area contributed by atoms with E-state index in [9.17, 15) is 0 Å². The van der Waals surface area contributed by atoms with Crippen molar-refractivity contribution < 1.29 is 0 Å². The molecule has 0 unspecified atom stereocenters.